The van der Waals surface area contributed by atoms with Gasteiger partial charge in [0.25, 0.3) is 5.91 Å². The van der Waals surface area contributed by atoms with Crippen LogP contribution >= 0.6 is 0 Å². The van der Waals surface area contributed by atoms with E-state index in [1.54, 1.807) is 0 Å². The third-order valence-electron chi connectivity index (χ3n) is 3.58. The Kier molecular flexibility index (Phi) is 6.32. The van der Waals surface area contributed by atoms with Crippen LogP contribution in [0.2, 0.25) is 0 Å². The number of nitrogens with one attached hydrogen (secondary N) is 2. The lowest BCUT2D eigenvalue weighted by molar-refractivity contribution is -0.682. The molecule has 23 heavy (non-hydrogen) atoms. The minimum atomic E-state index is -0.493. The number of hydrogen-bond acceptors (Lipinski definition) is 2. The van der Waals surface area contributed by atoms with E-state index in [2.05, 4.69) is 22.8 Å². The van der Waals surface area contributed by atoms with Gasteiger partial charge in [-0.3, -0.25) is 10.1 Å². The van der Waals surface area contributed by atoms with Gasteiger partial charge in [0.05, 0.1) is 6.54 Å². The molecular formula is C18H22N3O2+. The molecular weight excluding hydrogens is 290 g/mol. The second-order valence-electron chi connectivity index (χ2n) is 5.22. The Morgan fingerprint density at radius 3 is 2.22 bits per heavy atom. The fraction of sp³-hybridized carbons (Fsp3) is 0.222. The zero-order valence-electron chi connectivity index (χ0n) is 13.2. The molecule has 0 radical (unpaired) electrons. The van der Waals surface area contributed by atoms with Gasteiger partial charge in [-0.1, -0.05) is 60.7 Å². The SMILES string of the molecule is CNC(=O)NC(=O)[C@@H]([NH2+]CCc1ccccc1)c1ccccc1. The number of nitrogens with two attached hydrogens (primary N) is 1. The van der Waals surface area contributed by atoms with E-state index >= 15 is 0 Å². The summed E-state index contributed by atoms with van der Waals surface area (Å²) in [6, 6.07) is 18.7. The van der Waals surface area contributed by atoms with Gasteiger partial charge < -0.3 is 10.6 Å². The molecule has 5 nitrogen and oxygen atoms in total. The minimum Gasteiger partial charge on any atom is -0.341 e. The molecule has 0 aliphatic heterocycles. The Morgan fingerprint density at radius 1 is 1.00 bits per heavy atom. The Hall–Kier alpha value is -2.66. The molecule has 5 heteroatoms. The quantitative estimate of drug-likeness (QED) is 0.744. The van der Waals surface area contributed by atoms with E-state index in [1.165, 1.54) is 12.6 Å². The monoisotopic (exact) mass is 312 g/mol. The van der Waals surface area contributed by atoms with Crippen molar-refractivity contribution in [1.29, 1.82) is 0 Å². The number of quaternary nitrogens is 1. The number of rotatable bonds is 6. The standard InChI is InChI=1S/C18H21N3O2/c1-19-18(23)21-17(22)16(15-10-6-3-7-11-15)20-13-12-14-8-4-2-5-9-14/h2-11,16,20H,12-13H2,1H3,(H2,19,21,22,23)/p+1/t16-/m0/s1. The summed E-state index contributed by atoms with van der Waals surface area (Å²) in [6.07, 6.45) is 0.859. The molecule has 0 heterocycles. The molecule has 2 rings (SSSR count). The first-order valence-corrected chi connectivity index (χ1v) is 7.65. The van der Waals surface area contributed by atoms with Gasteiger partial charge in [-0.15, -0.1) is 0 Å². The Morgan fingerprint density at radius 2 is 1.61 bits per heavy atom. The molecule has 0 aliphatic carbocycles. The van der Waals surface area contributed by atoms with E-state index < -0.39 is 12.1 Å². The van der Waals surface area contributed by atoms with Crippen molar-refractivity contribution in [3.05, 3.63) is 71.8 Å². The van der Waals surface area contributed by atoms with Gasteiger partial charge in [-0.2, -0.15) is 0 Å². The number of amides is 3. The lowest BCUT2D eigenvalue weighted by atomic mass is 10.1. The maximum atomic E-state index is 12.4. The third-order valence-corrected chi connectivity index (χ3v) is 3.58. The highest BCUT2D eigenvalue weighted by molar-refractivity contribution is 5.96. The van der Waals surface area contributed by atoms with Crippen molar-refractivity contribution in [2.45, 2.75) is 12.5 Å². The lowest BCUT2D eigenvalue weighted by Crippen LogP contribution is -2.88. The summed E-state index contributed by atoms with van der Waals surface area (Å²) in [6.45, 7) is 0.755. The second kappa shape index (κ2) is 8.70. The smallest absolute Gasteiger partial charge is 0.321 e. The van der Waals surface area contributed by atoms with Crippen molar-refractivity contribution in [2.75, 3.05) is 13.6 Å². The predicted octanol–water partition coefficient (Wildman–Crippen LogP) is 0.989. The van der Waals surface area contributed by atoms with Crippen molar-refractivity contribution in [2.24, 2.45) is 0 Å². The van der Waals surface area contributed by atoms with E-state index in [-0.39, 0.29) is 5.91 Å². The van der Waals surface area contributed by atoms with E-state index in [1.807, 2.05) is 53.8 Å². The van der Waals surface area contributed by atoms with E-state index in [0.29, 0.717) is 0 Å². The number of carbonyl (C=O) groups excluding carboxylic acids is 2. The normalized spacial score (nSPS) is 11.5. The number of benzene rings is 2. The summed E-state index contributed by atoms with van der Waals surface area (Å²) < 4.78 is 0. The zero-order chi connectivity index (χ0) is 16.5. The Labute approximate surface area is 136 Å². The summed E-state index contributed by atoms with van der Waals surface area (Å²) in [5.41, 5.74) is 2.10. The Balaban J connectivity index is 2.01. The van der Waals surface area contributed by atoms with Gasteiger partial charge >= 0.3 is 6.03 Å². The fourth-order valence-corrected chi connectivity index (χ4v) is 2.37. The van der Waals surface area contributed by atoms with Gasteiger partial charge in [0.15, 0.2) is 6.04 Å². The second-order valence-corrected chi connectivity index (χ2v) is 5.22. The van der Waals surface area contributed by atoms with Crippen molar-refractivity contribution < 1.29 is 14.9 Å². The van der Waals surface area contributed by atoms with Crippen LogP contribution in [0.15, 0.2) is 60.7 Å². The summed E-state index contributed by atoms with van der Waals surface area (Å²) in [5.74, 6) is -0.316. The summed E-state index contributed by atoms with van der Waals surface area (Å²) in [4.78, 5) is 23.7. The first-order valence-electron chi connectivity index (χ1n) is 7.65. The van der Waals surface area contributed by atoms with Crippen LogP contribution in [-0.2, 0) is 11.2 Å². The molecule has 0 spiro atoms. The van der Waals surface area contributed by atoms with E-state index in [4.69, 9.17) is 0 Å². The topological polar surface area (TPSA) is 74.8 Å². The maximum Gasteiger partial charge on any atom is 0.321 e. The largest absolute Gasteiger partial charge is 0.341 e. The van der Waals surface area contributed by atoms with Gasteiger partial charge in [0.2, 0.25) is 0 Å². The third kappa shape index (κ3) is 5.23. The minimum absolute atomic E-state index is 0.316. The molecule has 0 bridgehead atoms. The maximum absolute atomic E-state index is 12.4. The molecule has 0 fully saturated rings. The van der Waals surface area contributed by atoms with E-state index in [9.17, 15) is 9.59 Å². The molecule has 3 amide bonds. The molecule has 4 N–H and O–H groups in total. The highest BCUT2D eigenvalue weighted by Gasteiger charge is 2.25. The summed E-state index contributed by atoms with van der Waals surface area (Å²) >= 11 is 0. The van der Waals surface area contributed by atoms with Crippen LogP contribution in [0, 0.1) is 0 Å². The molecule has 0 unspecified atom stereocenters. The van der Waals surface area contributed by atoms with Gasteiger partial charge in [0.1, 0.15) is 0 Å². The molecule has 0 aromatic heterocycles. The zero-order valence-corrected chi connectivity index (χ0v) is 13.2. The number of carbonyl (C=O) groups is 2. The molecule has 0 aliphatic rings. The lowest BCUT2D eigenvalue weighted by Gasteiger charge is -2.15. The molecule has 1 atom stereocenters. The van der Waals surface area contributed by atoms with Crippen LogP contribution in [0.5, 0.6) is 0 Å². The molecule has 2 aromatic carbocycles. The molecule has 0 saturated carbocycles. The van der Waals surface area contributed by atoms with Gasteiger partial charge in [-0.25, -0.2) is 4.79 Å². The van der Waals surface area contributed by atoms with Gasteiger partial charge in [0, 0.05) is 19.0 Å². The highest BCUT2D eigenvalue weighted by atomic mass is 16.2. The van der Waals surface area contributed by atoms with Crippen molar-refractivity contribution in [3.8, 4) is 0 Å². The van der Waals surface area contributed by atoms with Crippen molar-refractivity contribution in [1.82, 2.24) is 10.6 Å². The van der Waals surface area contributed by atoms with Crippen LogP contribution in [0.3, 0.4) is 0 Å². The molecule has 2 aromatic rings. The van der Waals surface area contributed by atoms with Crippen LogP contribution in [0.4, 0.5) is 4.79 Å². The Bertz CT molecular complexity index is 629. The van der Waals surface area contributed by atoms with Gasteiger partial charge in [-0.05, 0) is 5.56 Å². The van der Waals surface area contributed by atoms with Crippen molar-refractivity contribution >= 4 is 11.9 Å². The highest BCUT2D eigenvalue weighted by Crippen LogP contribution is 2.08. The molecule has 0 saturated heterocycles. The van der Waals surface area contributed by atoms with Crippen LogP contribution in [0.25, 0.3) is 0 Å². The summed E-state index contributed by atoms with van der Waals surface area (Å²) in [5, 5.41) is 6.71. The predicted molar refractivity (Wildman–Crippen MR) is 88.7 cm³/mol. The van der Waals surface area contributed by atoms with E-state index in [0.717, 1.165) is 18.5 Å². The average molecular weight is 312 g/mol. The average Bonchev–Trinajstić information content (AvgIpc) is 2.60. The first-order chi connectivity index (χ1) is 11.2. The summed E-state index contributed by atoms with van der Waals surface area (Å²) in [7, 11) is 1.49. The van der Waals surface area contributed by atoms with Crippen molar-refractivity contribution in [3.63, 3.8) is 0 Å². The number of hydrogen-bond donors (Lipinski definition) is 3. The fourth-order valence-electron chi connectivity index (χ4n) is 2.37. The number of imide groups is 1. The van der Waals surface area contributed by atoms with Crippen LogP contribution in [-0.4, -0.2) is 25.5 Å². The van der Waals surface area contributed by atoms with Crippen LogP contribution in [0.1, 0.15) is 17.2 Å². The molecule has 120 valence electrons. The van der Waals surface area contributed by atoms with Crippen LogP contribution < -0.4 is 16.0 Å². The first kappa shape index (κ1) is 16.7. The number of urea groups is 1.